The Bertz CT molecular complexity index is 612. The predicted molar refractivity (Wildman–Crippen MR) is 60.0 cm³/mol. The van der Waals surface area contributed by atoms with E-state index in [1.54, 1.807) is 36.4 Å². The van der Waals surface area contributed by atoms with Crippen LogP contribution in [0, 0.1) is 0 Å². The van der Waals surface area contributed by atoms with Gasteiger partial charge in [-0.25, -0.2) is 4.79 Å². The molecule has 0 aromatic carbocycles. The van der Waals surface area contributed by atoms with Gasteiger partial charge in [0, 0.05) is 25.0 Å². The van der Waals surface area contributed by atoms with E-state index < -0.39 is 11.5 Å². The van der Waals surface area contributed by atoms with Crippen LogP contribution >= 0.6 is 0 Å². The molecule has 0 amide bonds. The first-order valence-corrected chi connectivity index (χ1v) is 4.98. The highest BCUT2D eigenvalue weighted by atomic mass is 16.4. The monoisotopic (exact) mass is 233 g/mol. The summed E-state index contributed by atoms with van der Waals surface area (Å²) in [6, 6.07) is 2.84. The number of carbonyl (C=O) groups is 1. The van der Waals surface area contributed by atoms with Crippen molar-refractivity contribution in [1.82, 2.24) is 14.3 Å². The molecule has 0 fully saturated rings. The fraction of sp³-hybridized carbons (Fsp3) is 0.182. The Kier molecular flexibility index (Phi) is 2.78. The van der Waals surface area contributed by atoms with Crippen molar-refractivity contribution in [1.29, 1.82) is 0 Å². The summed E-state index contributed by atoms with van der Waals surface area (Å²) in [4.78, 5) is 22.6. The maximum Gasteiger partial charge on any atom is 0.341 e. The van der Waals surface area contributed by atoms with Crippen LogP contribution in [0.15, 0.2) is 35.5 Å². The van der Waals surface area contributed by atoms with Crippen LogP contribution in [0.25, 0.3) is 0 Å². The van der Waals surface area contributed by atoms with E-state index in [2.05, 4.69) is 5.10 Å². The molecule has 6 nitrogen and oxygen atoms in total. The van der Waals surface area contributed by atoms with Crippen molar-refractivity contribution in [2.24, 2.45) is 7.05 Å². The molecule has 0 radical (unpaired) electrons. The predicted octanol–water partition coefficient (Wildman–Crippen LogP) is 0.328. The molecule has 0 spiro atoms. The molecule has 88 valence electrons. The van der Waals surface area contributed by atoms with Crippen molar-refractivity contribution >= 4 is 5.97 Å². The van der Waals surface area contributed by atoms with Crippen LogP contribution in [0.5, 0.6) is 0 Å². The summed E-state index contributed by atoms with van der Waals surface area (Å²) in [5.41, 5.74) is 0.109. The number of carboxylic acids is 1. The number of aryl methyl sites for hydroxylation is 1. The Morgan fingerprint density at radius 2 is 2.29 bits per heavy atom. The molecular weight excluding hydrogens is 222 g/mol. The second-order valence-electron chi connectivity index (χ2n) is 3.68. The van der Waals surface area contributed by atoms with Crippen LogP contribution in [-0.4, -0.2) is 25.4 Å². The average molecular weight is 233 g/mol. The molecule has 0 atom stereocenters. The molecule has 2 aromatic rings. The molecule has 0 saturated heterocycles. The van der Waals surface area contributed by atoms with Gasteiger partial charge in [-0.1, -0.05) is 0 Å². The maximum absolute atomic E-state index is 11.8. The molecule has 2 aromatic heterocycles. The minimum absolute atomic E-state index is 0.226. The van der Waals surface area contributed by atoms with Gasteiger partial charge in [0.1, 0.15) is 5.56 Å². The van der Waals surface area contributed by atoms with E-state index in [0.29, 0.717) is 6.54 Å². The molecule has 0 aliphatic carbocycles. The van der Waals surface area contributed by atoms with Crippen molar-refractivity contribution in [3.63, 3.8) is 0 Å². The largest absolute Gasteiger partial charge is 0.477 e. The zero-order valence-corrected chi connectivity index (χ0v) is 9.20. The zero-order chi connectivity index (χ0) is 12.4. The smallest absolute Gasteiger partial charge is 0.341 e. The van der Waals surface area contributed by atoms with Gasteiger partial charge >= 0.3 is 5.97 Å². The normalized spacial score (nSPS) is 10.4. The molecule has 1 N–H and O–H groups in total. The molecular formula is C11H11N3O3. The average Bonchev–Trinajstić information content (AvgIpc) is 2.67. The van der Waals surface area contributed by atoms with Crippen LogP contribution < -0.4 is 5.56 Å². The van der Waals surface area contributed by atoms with Crippen molar-refractivity contribution in [2.75, 3.05) is 0 Å². The number of rotatable bonds is 3. The number of hydrogen-bond donors (Lipinski definition) is 1. The lowest BCUT2D eigenvalue weighted by Crippen LogP contribution is -2.25. The Morgan fingerprint density at radius 1 is 1.53 bits per heavy atom. The SMILES string of the molecule is Cn1cc(Cn2cccc(C(=O)O)c2=O)cn1. The summed E-state index contributed by atoms with van der Waals surface area (Å²) < 4.78 is 2.97. The van der Waals surface area contributed by atoms with Crippen molar-refractivity contribution in [2.45, 2.75) is 6.54 Å². The maximum atomic E-state index is 11.8. The molecule has 0 saturated carbocycles. The highest BCUT2D eigenvalue weighted by Gasteiger charge is 2.10. The standard InChI is InChI=1S/C11H11N3O3/c1-13-6-8(5-12-13)7-14-4-2-3-9(10(14)15)11(16)17/h2-6H,7H2,1H3,(H,16,17). The summed E-state index contributed by atoms with van der Waals surface area (Å²) in [7, 11) is 1.78. The Labute approximate surface area is 96.7 Å². The third-order valence-electron chi connectivity index (χ3n) is 2.36. The van der Waals surface area contributed by atoms with Gasteiger partial charge in [-0.15, -0.1) is 0 Å². The quantitative estimate of drug-likeness (QED) is 0.828. The molecule has 0 bridgehead atoms. The molecule has 6 heteroatoms. The van der Waals surface area contributed by atoms with E-state index in [1.165, 1.54) is 10.6 Å². The summed E-state index contributed by atoms with van der Waals surface area (Å²) in [6.07, 6.45) is 4.97. The first-order chi connectivity index (χ1) is 8.08. The molecule has 2 heterocycles. The third kappa shape index (κ3) is 2.25. The summed E-state index contributed by atoms with van der Waals surface area (Å²) in [5, 5.41) is 12.8. The van der Waals surface area contributed by atoms with Gasteiger partial charge in [-0.3, -0.25) is 9.48 Å². The lowest BCUT2D eigenvalue weighted by atomic mass is 10.2. The second-order valence-corrected chi connectivity index (χ2v) is 3.68. The highest BCUT2D eigenvalue weighted by Crippen LogP contribution is 2.00. The van der Waals surface area contributed by atoms with Gasteiger partial charge in [0.05, 0.1) is 12.7 Å². The van der Waals surface area contributed by atoms with Gasteiger partial charge in [0.15, 0.2) is 0 Å². The molecule has 0 unspecified atom stereocenters. The second kappa shape index (κ2) is 4.25. The molecule has 0 aliphatic heterocycles. The summed E-state index contributed by atoms with van der Waals surface area (Å²) >= 11 is 0. The lowest BCUT2D eigenvalue weighted by molar-refractivity contribution is 0.0694. The van der Waals surface area contributed by atoms with Crippen LogP contribution in [0.4, 0.5) is 0 Å². The van der Waals surface area contributed by atoms with Crippen molar-refractivity contribution < 1.29 is 9.90 Å². The van der Waals surface area contributed by atoms with E-state index in [0.717, 1.165) is 5.56 Å². The van der Waals surface area contributed by atoms with E-state index in [4.69, 9.17) is 5.11 Å². The van der Waals surface area contributed by atoms with Crippen LogP contribution in [0.1, 0.15) is 15.9 Å². The lowest BCUT2D eigenvalue weighted by Gasteiger charge is -2.04. The Morgan fingerprint density at radius 3 is 2.88 bits per heavy atom. The minimum atomic E-state index is -1.21. The van der Waals surface area contributed by atoms with Gasteiger partial charge in [-0.2, -0.15) is 5.10 Å². The number of aromatic carboxylic acids is 1. The number of aromatic nitrogens is 3. The van der Waals surface area contributed by atoms with Crippen molar-refractivity contribution in [3.8, 4) is 0 Å². The van der Waals surface area contributed by atoms with E-state index in [1.807, 2.05) is 0 Å². The molecule has 2 rings (SSSR count). The Balaban J connectivity index is 2.37. The van der Waals surface area contributed by atoms with Crippen LogP contribution in [0.3, 0.4) is 0 Å². The van der Waals surface area contributed by atoms with Crippen LogP contribution in [-0.2, 0) is 13.6 Å². The first-order valence-electron chi connectivity index (χ1n) is 4.98. The minimum Gasteiger partial charge on any atom is -0.477 e. The van der Waals surface area contributed by atoms with Gasteiger partial charge < -0.3 is 9.67 Å². The fourth-order valence-corrected chi connectivity index (χ4v) is 1.57. The van der Waals surface area contributed by atoms with Crippen LogP contribution in [0.2, 0.25) is 0 Å². The number of carboxylic acid groups (broad SMARTS) is 1. The zero-order valence-electron chi connectivity index (χ0n) is 9.20. The van der Waals surface area contributed by atoms with Gasteiger partial charge in [-0.05, 0) is 12.1 Å². The van der Waals surface area contributed by atoms with Gasteiger partial charge in [0.25, 0.3) is 5.56 Å². The highest BCUT2D eigenvalue weighted by molar-refractivity contribution is 5.86. The Hall–Kier alpha value is -2.37. The topological polar surface area (TPSA) is 77.1 Å². The van der Waals surface area contributed by atoms with E-state index in [9.17, 15) is 9.59 Å². The van der Waals surface area contributed by atoms with E-state index >= 15 is 0 Å². The fourth-order valence-electron chi connectivity index (χ4n) is 1.57. The number of nitrogens with zero attached hydrogens (tertiary/aromatic N) is 3. The number of pyridine rings is 1. The van der Waals surface area contributed by atoms with E-state index in [-0.39, 0.29) is 5.56 Å². The van der Waals surface area contributed by atoms with Crippen molar-refractivity contribution in [3.05, 3.63) is 52.2 Å². The number of hydrogen-bond acceptors (Lipinski definition) is 3. The van der Waals surface area contributed by atoms with Gasteiger partial charge in [0.2, 0.25) is 0 Å². The first kappa shape index (κ1) is 11.1. The summed E-state index contributed by atoms with van der Waals surface area (Å²) in [5.74, 6) is -1.21. The summed E-state index contributed by atoms with van der Waals surface area (Å²) in [6.45, 7) is 0.313. The third-order valence-corrected chi connectivity index (χ3v) is 2.36. The molecule has 17 heavy (non-hydrogen) atoms. The molecule has 0 aliphatic rings.